The Morgan fingerprint density at radius 3 is 2.82 bits per heavy atom. The minimum absolute atomic E-state index is 0.0927. The van der Waals surface area contributed by atoms with Crippen LogP contribution in [0.4, 0.5) is 10.1 Å². The molecule has 5 nitrogen and oxygen atoms in total. The van der Waals surface area contributed by atoms with E-state index in [4.69, 9.17) is 4.74 Å². The summed E-state index contributed by atoms with van der Waals surface area (Å²) in [6.45, 7) is 2.38. The predicted molar refractivity (Wildman–Crippen MR) is 78.8 cm³/mol. The van der Waals surface area contributed by atoms with Crippen LogP contribution < -0.4 is 10.2 Å². The monoisotopic (exact) mass is 306 g/mol. The van der Waals surface area contributed by atoms with Gasteiger partial charge in [0.2, 0.25) is 11.8 Å². The molecule has 22 heavy (non-hydrogen) atoms. The molecule has 2 aliphatic heterocycles. The van der Waals surface area contributed by atoms with Gasteiger partial charge in [-0.05, 0) is 30.7 Å². The summed E-state index contributed by atoms with van der Waals surface area (Å²) in [6, 6.07) is 5.75. The summed E-state index contributed by atoms with van der Waals surface area (Å²) >= 11 is 0. The Morgan fingerprint density at radius 2 is 2.14 bits per heavy atom. The zero-order chi connectivity index (χ0) is 15.5. The van der Waals surface area contributed by atoms with Crippen LogP contribution in [0.15, 0.2) is 24.3 Å². The van der Waals surface area contributed by atoms with E-state index < -0.39 is 0 Å². The number of nitrogens with zero attached hydrogens (tertiary/aromatic N) is 1. The minimum atomic E-state index is -0.347. The Kier molecular flexibility index (Phi) is 4.38. The van der Waals surface area contributed by atoms with E-state index in [9.17, 15) is 14.0 Å². The number of ether oxygens (including phenoxy) is 1. The predicted octanol–water partition coefficient (Wildman–Crippen LogP) is 1.33. The van der Waals surface area contributed by atoms with Gasteiger partial charge in [0.15, 0.2) is 0 Å². The first-order chi connectivity index (χ1) is 10.6. The topological polar surface area (TPSA) is 58.6 Å². The number of halogens is 1. The molecule has 0 aromatic heterocycles. The van der Waals surface area contributed by atoms with Crippen molar-refractivity contribution in [3.05, 3.63) is 30.1 Å². The largest absolute Gasteiger partial charge is 0.381 e. The Bertz CT molecular complexity index is 555. The van der Waals surface area contributed by atoms with E-state index in [0.717, 1.165) is 13.0 Å². The maximum atomic E-state index is 12.9. The van der Waals surface area contributed by atoms with Gasteiger partial charge in [-0.15, -0.1) is 0 Å². The number of hydrogen-bond acceptors (Lipinski definition) is 3. The van der Waals surface area contributed by atoms with Crippen LogP contribution in [0.5, 0.6) is 0 Å². The molecule has 2 saturated heterocycles. The molecule has 118 valence electrons. The summed E-state index contributed by atoms with van der Waals surface area (Å²) < 4.78 is 18.2. The average molecular weight is 306 g/mol. The van der Waals surface area contributed by atoms with Gasteiger partial charge in [0, 0.05) is 37.7 Å². The van der Waals surface area contributed by atoms with Gasteiger partial charge in [-0.25, -0.2) is 4.39 Å². The van der Waals surface area contributed by atoms with Crippen molar-refractivity contribution in [1.82, 2.24) is 5.32 Å². The van der Waals surface area contributed by atoms with Crippen LogP contribution in [-0.4, -0.2) is 38.1 Å². The van der Waals surface area contributed by atoms with Gasteiger partial charge in [-0.2, -0.15) is 0 Å². The van der Waals surface area contributed by atoms with E-state index in [1.807, 2.05) is 0 Å². The van der Waals surface area contributed by atoms with Crippen LogP contribution in [0, 0.1) is 17.7 Å². The van der Waals surface area contributed by atoms with E-state index in [-0.39, 0.29) is 30.0 Å². The van der Waals surface area contributed by atoms with Gasteiger partial charge in [0.25, 0.3) is 0 Å². The number of carbonyl (C=O) groups excluding carboxylic acids is 2. The van der Waals surface area contributed by atoms with E-state index in [0.29, 0.717) is 31.3 Å². The third-order valence-corrected chi connectivity index (χ3v) is 4.22. The molecule has 6 heteroatoms. The second-order valence-electron chi connectivity index (χ2n) is 5.86. The van der Waals surface area contributed by atoms with Crippen molar-refractivity contribution in [2.24, 2.45) is 11.8 Å². The number of amides is 2. The molecule has 2 fully saturated rings. The smallest absolute Gasteiger partial charge is 0.227 e. The summed E-state index contributed by atoms with van der Waals surface area (Å²) in [5.41, 5.74) is 0.630. The molecule has 1 aromatic rings. The number of anilines is 1. The Morgan fingerprint density at radius 1 is 1.36 bits per heavy atom. The number of hydrogen-bond donors (Lipinski definition) is 1. The second kappa shape index (κ2) is 6.44. The van der Waals surface area contributed by atoms with Gasteiger partial charge in [-0.1, -0.05) is 0 Å². The van der Waals surface area contributed by atoms with Crippen LogP contribution >= 0.6 is 0 Å². The van der Waals surface area contributed by atoms with Crippen LogP contribution in [-0.2, 0) is 14.3 Å². The molecule has 0 bridgehead atoms. The summed E-state index contributed by atoms with van der Waals surface area (Å²) in [4.78, 5) is 25.8. The molecule has 0 unspecified atom stereocenters. The van der Waals surface area contributed by atoms with Crippen molar-refractivity contribution < 1.29 is 18.7 Å². The molecule has 1 aromatic carbocycles. The highest BCUT2D eigenvalue weighted by atomic mass is 19.1. The summed E-state index contributed by atoms with van der Waals surface area (Å²) in [6.07, 6.45) is 1.16. The Balaban J connectivity index is 1.56. The number of carbonyl (C=O) groups is 2. The molecule has 2 aliphatic rings. The lowest BCUT2D eigenvalue weighted by Crippen LogP contribution is -2.36. The quantitative estimate of drug-likeness (QED) is 0.913. The van der Waals surface area contributed by atoms with Crippen LogP contribution in [0.2, 0.25) is 0 Å². The SMILES string of the molecule is O=C(NC[C@H]1CCOC1)[C@@H]1CC(=O)N(c2ccc(F)cc2)C1. The third kappa shape index (κ3) is 3.27. The molecule has 2 amide bonds. The average Bonchev–Trinajstić information content (AvgIpc) is 3.15. The van der Waals surface area contributed by atoms with Crippen molar-refractivity contribution in [1.29, 1.82) is 0 Å². The number of nitrogens with one attached hydrogen (secondary N) is 1. The molecule has 0 radical (unpaired) electrons. The fourth-order valence-electron chi connectivity index (χ4n) is 2.89. The zero-order valence-electron chi connectivity index (χ0n) is 12.3. The lowest BCUT2D eigenvalue weighted by molar-refractivity contribution is -0.126. The standard InChI is InChI=1S/C16H19FN2O3/c17-13-1-3-14(4-2-13)19-9-12(7-15(19)20)16(21)18-8-11-5-6-22-10-11/h1-4,11-12H,5-10H2,(H,18,21)/t11-,12-/m1/s1. The van der Waals surface area contributed by atoms with Crippen molar-refractivity contribution >= 4 is 17.5 Å². The third-order valence-electron chi connectivity index (χ3n) is 4.22. The van der Waals surface area contributed by atoms with Crippen molar-refractivity contribution in [3.63, 3.8) is 0 Å². The van der Waals surface area contributed by atoms with E-state index in [1.165, 1.54) is 12.1 Å². The summed E-state index contributed by atoms with van der Waals surface area (Å²) in [5, 5.41) is 2.91. The number of benzene rings is 1. The lowest BCUT2D eigenvalue weighted by atomic mass is 10.1. The van der Waals surface area contributed by atoms with Crippen molar-refractivity contribution in [2.75, 3.05) is 31.2 Å². The fraction of sp³-hybridized carbons (Fsp3) is 0.500. The van der Waals surface area contributed by atoms with Gasteiger partial charge in [0.05, 0.1) is 12.5 Å². The van der Waals surface area contributed by atoms with E-state index >= 15 is 0 Å². The van der Waals surface area contributed by atoms with Gasteiger partial charge < -0.3 is 15.0 Å². The number of rotatable bonds is 4. The lowest BCUT2D eigenvalue weighted by Gasteiger charge is -2.17. The summed E-state index contributed by atoms with van der Waals surface area (Å²) in [5.74, 6) is -0.515. The molecule has 0 saturated carbocycles. The molecule has 3 rings (SSSR count). The van der Waals surface area contributed by atoms with Gasteiger partial charge >= 0.3 is 0 Å². The molecular formula is C16H19FN2O3. The fourth-order valence-corrected chi connectivity index (χ4v) is 2.89. The van der Waals surface area contributed by atoms with Crippen LogP contribution in [0.1, 0.15) is 12.8 Å². The van der Waals surface area contributed by atoms with Crippen molar-refractivity contribution in [2.45, 2.75) is 12.8 Å². The molecule has 0 aliphatic carbocycles. The van der Waals surface area contributed by atoms with Crippen LogP contribution in [0.25, 0.3) is 0 Å². The van der Waals surface area contributed by atoms with Crippen molar-refractivity contribution in [3.8, 4) is 0 Å². The highest BCUT2D eigenvalue weighted by molar-refractivity contribution is 6.00. The van der Waals surface area contributed by atoms with Crippen LogP contribution in [0.3, 0.4) is 0 Å². The van der Waals surface area contributed by atoms with Gasteiger partial charge in [-0.3, -0.25) is 9.59 Å². The van der Waals surface area contributed by atoms with E-state index in [2.05, 4.69) is 5.32 Å². The maximum absolute atomic E-state index is 12.9. The second-order valence-corrected chi connectivity index (χ2v) is 5.86. The Labute approximate surface area is 128 Å². The first-order valence-corrected chi connectivity index (χ1v) is 7.55. The van der Waals surface area contributed by atoms with E-state index in [1.54, 1.807) is 17.0 Å². The highest BCUT2D eigenvalue weighted by Crippen LogP contribution is 2.25. The maximum Gasteiger partial charge on any atom is 0.227 e. The van der Waals surface area contributed by atoms with Gasteiger partial charge in [0.1, 0.15) is 5.82 Å². The highest BCUT2D eigenvalue weighted by Gasteiger charge is 2.35. The molecule has 1 N–H and O–H groups in total. The zero-order valence-corrected chi connectivity index (χ0v) is 12.3. The molecule has 0 spiro atoms. The Hall–Kier alpha value is -1.95. The summed E-state index contributed by atoms with van der Waals surface area (Å²) in [7, 11) is 0. The first kappa shape index (κ1) is 15.0. The molecular weight excluding hydrogens is 287 g/mol. The molecule has 2 atom stereocenters. The first-order valence-electron chi connectivity index (χ1n) is 7.55. The normalized spacial score (nSPS) is 24.8. The minimum Gasteiger partial charge on any atom is -0.381 e. The molecule has 2 heterocycles.